The van der Waals surface area contributed by atoms with Crippen molar-refractivity contribution in [3.8, 4) is 0 Å². The number of aryl methyl sites for hydroxylation is 1. The standard InChI is InChI=1S/C22H29N3O3.C9H18FNO/c1-24-11-10-17(14-6-4-3-5-7-14)20(24)21(26)23-16-8-9-18-15(12-16)13-19(22(27)28)25(18)2;1-2-8(7-12)4-3-5-9(11)6-10/h8-9,12-14,17,20H,3-7,10-11H2,1-2H3,(H,23,26)(H,27,28);7-9H,2-6,11H2,1H3. The Labute approximate surface area is 237 Å². The van der Waals surface area contributed by atoms with Crippen LogP contribution in [0.1, 0.15) is 81.6 Å². The number of fused-ring (bicyclic) bond motifs is 1. The van der Waals surface area contributed by atoms with E-state index in [9.17, 15) is 23.9 Å². The van der Waals surface area contributed by atoms with Crippen molar-refractivity contribution in [1.82, 2.24) is 9.47 Å². The van der Waals surface area contributed by atoms with E-state index in [1.165, 1.54) is 32.1 Å². The van der Waals surface area contributed by atoms with E-state index in [2.05, 4.69) is 10.2 Å². The number of alkyl halides is 1. The maximum Gasteiger partial charge on any atom is 0.352 e. The van der Waals surface area contributed by atoms with Crippen molar-refractivity contribution >= 4 is 34.8 Å². The summed E-state index contributed by atoms with van der Waals surface area (Å²) in [5, 5.41) is 13.2. The number of aldehydes is 1. The van der Waals surface area contributed by atoms with Crippen LogP contribution in [0.15, 0.2) is 24.3 Å². The van der Waals surface area contributed by atoms with Gasteiger partial charge in [-0.15, -0.1) is 0 Å². The molecule has 4 rings (SSSR count). The van der Waals surface area contributed by atoms with Crippen molar-refractivity contribution in [3.05, 3.63) is 30.0 Å². The fourth-order valence-electron chi connectivity index (χ4n) is 6.36. The number of nitrogens with one attached hydrogen (secondary N) is 1. The number of amides is 1. The molecule has 8 nitrogen and oxygen atoms in total. The summed E-state index contributed by atoms with van der Waals surface area (Å²) in [5.41, 5.74) is 7.19. The summed E-state index contributed by atoms with van der Waals surface area (Å²) in [6.07, 6.45) is 11.7. The lowest BCUT2D eigenvalue weighted by atomic mass is 9.76. The highest BCUT2D eigenvalue weighted by Crippen LogP contribution is 2.38. The first kappa shape index (κ1) is 31.7. The van der Waals surface area contributed by atoms with Crippen LogP contribution in [0.2, 0.25) is 0 Å². The number of hydrogen-bond acceptors (Lipinski definition) is 5. The molecule has 4 atom stereocenters. The quantitative estimate of drug-likeness (QED) is 0.318. The zero-order chi connectivity index (χ0) is 29.2. The van der Waals surface area contributed by atoms with E-state index in [1.54, 1.807) is 17.7 Å². The second-order valence-electron chi connectivity index (χ2n) is 11.6. The highest BCUT2D eigenvalue weighted by molar-refractivity contribution is 5.99. The molecule has 1 amide bonds. The maximum absolute atomic E-state index is 13.1. The zero-order valence-electron chi connectivity index (χ0n) is 24.3. The Balaban J connectivity index is 0.000000312. The Hall–Kier alpha value is -2.78. The van der Waals surface area contributed by atoms with Gasteiger partial charge in [0.25, 0.3) is 0 Å². The monoisotopic (exact) mass is 558 g/mol. The number of carbonyl (C=O) groups is 3. The van der Waals surface area contributed by atoms with Crippen LogP contribution in [-0.2, 0) is 16.6 Å². The van der Waals surface area contributed by atoms with E-state index in [0.29, 0.717) is 18.3 Å². The number of benzene rings is 1. The third kappa shape index (κ3) is 8.13. The molecule has 1 aliphatic carbocycles. The van der Waals surface area contributed by atoms with E-state index in [0.717, 1.165) is 55.1 Å². The molecule has 4 N–H and O–H groups in total. The van der Waals surface area contributed by atoms with Gasteiger partial charge in [0.05, 0.1) is 6.04 Å². The lowest BCUT2D eigenvalue weighted by Crippen LogP contribution is -2.43. The predicted molar refractivity (Wildman–Crippen MR) is 157 cm³/mol. The third-order valence-corrected chi connectivity index (χ3v) is 8.81. The minimum Gasteiger partial charge on any atom is -0.477 e. The van der Waals surface area contributed by atoms with Gasteiger partial charge in [0.1, 0.15) is 18.7 Å². The first-order valence-corrected chi connectivity index (χ1v) is 14.8. The SMILES string of the molecule is CCC(C=O)CCCC(N)CF.CN1CCC(C2CCCCC2)C1C(=O)Nc1ccc2c(c1)cc(C(=O)O)n2C. The molecule has 1 saturated heterocycles. The van der Waals surface area contributed by atoms with Crippen molar-refractivity contribution in [1.29, 1.82) is 0 Å². The Kier molecular flexibility index (Phi) is 12.1. The number of nitrogens with two attached hydrogens (primary N) is 1. The van der Waals surface area contributed by atoms with E-state index in [4.69, 9.17) is 5.73 Å². The number of likely N-dealkylation sites (N-methyl/N-ethyl adjacent to an activating group) is 1. The Morgan fingerprint density at radius 2 is 1.88 bits per heavy atom. The number of aromatic nitrogens is 1. The second kappa shape index (κ2) is 15.3. The summed E-state index contributed by atoms with van der Waals surface area (Å²) in [6.45, 7) is 2.49. The minimum absolute atomic E-state index is 0.0595. The minimum atomic E-state index is -0.952. The van der Waals surface area contributed by atoms with Gasteiger partial charge in [-0.25, -0.2) is 9.18 Å². The molecule has 1 saturated carbocycles. The topological polar surface area (TPSA) is 118 Å². The molecule has 40 heavy (non-hydrogen) atoms. The average molecular weight is 559 g/mol. The third-order valence-electron chi connectivity index (χ3n) is 8.81. The van der Waals surface area contributed by atoms with Crippen LogP contribution in [-0.4, -0.2) is 65.1 Å². The molecular formula is C31H47FN4O4. The molecule has 222 valence electrons. The van der Waals surface area contributed by atoms with E-state index in [1.807, 2.05) is 32.2 Å². The summed E-state index contributed by atoms with van der Waals surface area (Å²) in [7, 11) is 3.79. The first-order valence-electron chi connectivity index (χ1n) is 14.8. The van der Waals surface area contributed by atoms with E-state index < -0.39 is 12.6 Å². The van der Waals surface area contributed by atoms with Crippen molar-refractivity contribution in [2.75, 3.05) is 25.6 Å². The number of likely N-dealkylation sites (tertiary alicyclic amines) is 1. The Morgan fingerprint density at radius 1 is 1.15 bits per heavy atom. The largest absolute Gasteiger partial charge is 0.477 e. The molecule has 0 bridgehead atoms. The van der Waals surface area contributed by atoms with Crippen LogP contribution < -0.4 is 11.1 Å². The fraction of sp³-hybridized carbons (Fsp3) is 0.645. The lowest BCUT2D eigenvalue weighted by molar-refractivity contribution is -0.121. The number of aromatic carboxylic acids is 1. The zero-order valence-corrected chi connectivity index (χ0v) is 24.3. The van der Waals surface area contributed by atoms with Gasteiger partial charge >= 0.3 is 5.97 Å². The Bertz CT molecular complexity index is 1130. The number of nitrogens with zero attached hydrogens (tertiary/aromatic N) is 2. The number of halogens is 1. The summed E-state index contributed by atoms with van der Waals surface area (Å²) in [5.74, 6) is 0.335. The van der Waals surface area contributed by atoms with Crippen LogP contribution in [0.4, 0.5) is 10.1 Å². The number of carbonyl (C=O) groups excluding carboxylic acids is 2. The number of carboxylic acid groups (broad SMARTS) is 1. The van der Waals surface area contributed by atoms with Crippen LogP contribution in [0.5, 0.6) is 0 Å². The van der Waals surface area contributed by atoms with Gasteiger partial charge in [-0.05, 0) is 75.4 Å². The normalized spacial score (nSPS) is 21.4. The molecule has 1 aliphatic heterocycles. The average Bonchev–Trinajstić information content (AvgIpc) is 3.51. The molecule has 2 heterocycles. The van der Waals surface area contributed by atoms with Crippen LogP contribution >= 0.6 is 0 Å². The Morgan fingerprint density at radius 3 is 2.50 bits per heavy atom. The van der Waals surface area contributed by atoms with E-state index in [-0.39, 0.29) is 29.6 Å². The molecule has 1 aromatic carbocycles. The first-order chi connectivity index (χ1) is 19.2. The molecule has 2 aromatic rings. The highest BCUT2D eigenvalue weighted by Gasteiger charge is 2.41. The van der Waals surface area contributed by atoms with Gasteiger partial charge in [-0.1, -0.05) is 45.4 Å². The number of carboxylic acids is 1. The summed E-state index contributed by atoms with van der Waals surface area (Å²) in [4.78, 5) is 37.1. The fourth-order valence-corrected chi connectivity index (χ4v) is 6.36. The van der Waals surface area contributed by atoms with Crippen molar-refractivity contribution < 1.29 is 23.9 Å². The van der Waals surface area contributed by atoms with Gasteiger partial charge in [0.15, 0.2) is 0 Å². The summed E-state index contributed by atoms with van der Waals surface area (Å²) >= 11 is 0. The van der Waals surface area contributed by atoms with Crippen molar-refractivity contribution in [2.24, 2.45) is 30.5 Å². The molecule has 9 heteroatoms. The van der Waals surface area contributed by atoms with Gasteiger partial charge in [0.2, 0.25) is 5.91 Å². The van der Waals surface area contributed by atoms with Crippen molar-refractivity contribution in [2.45, 2.75) is 83.2 Å². The van der Waals surface area contributed by atoms with E-state index >= 15 is 0 Å². The molecule has 2 fully saturated rings. The van der Waals surface area contributed by atoms with Crippen LogP contribution in [0, 0.1) is 17.8 Å². The smallest absolute Gasteiger partial charge is 0.352 e. The second-order valence-corrected chi connectivity index (χ2v) is 11.6. The predicted octanol–water partition coefficient (Wildman–Crippen LogP) is 5.39. The van der Waals surface area contributed by atoms with Crippen molar-refractivity contribution in [3.63, 3.8) is 0 Å². The molecule has 2 aliphatic rings. The lowest BCUT2D eigenvalue weighted by Gasteiger charge is -2.32. The molecule has 0 radical (unpaired) electrons. The van der Waals surface area contributed by atoms with Crippen LogP contribution in [0.25, 0.3) is 10.9 Å². The number of rotatable bonds is 11. The maximum atomic E-state index is 13.1. The molecule has 0 spiro atoms. The van der Waals surface area contributed by atoms with Gasteiger partial charge < -0.3 is 25.5 Å². The molecule has 4 unspecified atom stereocenters. The van der Waals surface area contributed by atoms with Crippen LogP contribution in [0.3, 0.4) is 0 Å². The number of anilines is 1. The number of hydrogen-bond donors (Lipinski definition) is 3. The van der Waals surface area contributed by atoms with Gasteiger partial charge in [-0.3, -0.25) is 9.69 Å². The summed E-state index contributed by atoms with van der Waals surface area (Å²) in [6, 6.07) is 6.83. The summed E-state index contributed by atoms with van der Waals surface area (Å²) < 4.78 is 13.5. The van der Waals surface area contributed by atoms with Gasteiger partial charge in [0, 0.05) is 35.6 Å². The highest BCUT2D eigenvalue weighted by atomic mass is 19.1. The molecular weight excluding hydrogens is 511 g/mol. The van der Waals surface area contributed by atoms with Gasteiger partial charge in [-0.2, -0.15) is 0 Å². The molecule has 1 aromatic heterocycles.